The maximum absolute atomic E-state index is 13.0. The number of hydrogen-bond acceptors (Lipinski definition) is 3. The molecule has 5 nitrogen and oxygen atoms in total. The monoisotopic (exact) mass is 429 g/mol. The van der Waals surface area contributed by atoms with Crippen LogP contribution in [0.3, 0.4) is 0 Å². The van der Waals surface area contributed by atoms with Gasteiger partial charge in [-0.25, -0.2) is 0 Å². The molecular formula is C25H23N3O2S. The van der Waals surface area contributed by atoms with Crippen LogP contribution >= 0.6 is 12.2 Å². The molecule has 0 aromatic heterocycles. The van der Waals surface area contributed by atoms with E-state index < -0.39 is 0 Å². The third-order valence-corrected chi connectivity index (χ3v) is 4.68. The van der Waals surface area contributed by atoms with E-state index in [1.807, 2.05) is 60.7 Å². The van der Waals surface area contributed by atoms with E-state index in [0.29, 0.717) is 17.8 Å². The van der Waals surface area contributed by atoms with Crippen LogP contribution in [0.2, 0.25) is 0 Å². The smallest absolute Gasteiger partial charge is 0.256 e. The van der Waals surface area contributed by atoms with Crippen molar-refractivity contribution in [1.29, 1.82) is 0 Å². The van der Waals surface area contributed by atoms with Gasteiger partial charge in [0.2, 0.25) is 5.91 Å². The number of rotatable bonds is 6. The number of carbonyl (C=O) groups is 2. The van der Waals surface area contributed by atoms with Crippen molar-refractivity contribution in [2.24, 2.45) is 0 Å². The first-order valence-corrected chi connectivity index (χ1v) is 10.2. The Morgan fingerprint density at radius 2 is 1.52 bits per heavy atom. The van der Waals surface area contributed by atoms with Crippen LogP contribution in [0.5, 0.6) is 0 Å². The summed E-state index contributed by atoms with van der Waals surface area (Å²) in [5.74, 6) is -0.503. The fourth-order valence-electron chi connectivity index (χ4n) is 2.96. The Morgan fingerprint density at radius 3 is 2.23 bits per heavy atom. The van der Waals surface area contributed by atoms with E-state index in [1.165, 1.54) is 6.08 Å². The Labute approximate surface area is 187 Å². The molecule has 0 unspecified atom stereocenters. The summed E-state index contributed by atoms with van der Waals surface area (Å²) in [4.78, 5) is 26.8. The lowest BCUT2D eigenvalue weighted by molar-refractivity contribution is -0.115. The average molecular weight is 430 g/mol. The van der Waals surface area contributed by atoms with Crippen LogP contribution in [-0.2, 0) is 11.3 Å². The van der Waals surface area contributed by atoms with Crippen molar-refractivity contribution in [3.63, 3.8) is 0 Å². The Hall–Kier alpha value is -3.77. The van der Waals surface area contributed by atoms with Gasteiger partial charge in [-0.3, -0.25) is 14.9 Å². The highest BCUT2D eigenvalue weighted by Gasteiger charge is 2.16. The van der Waals surface area contributed by atoms with Gasteiger partial charge in [0.1, 0.15) is 0 Å². The molecule has 2 N–H and O–H groups in total. The largest absolute Gasteiger partial charge is 0.337 e. The molecular weight excluding hydrogens is 406 g/mol. The number of hydrogen-bond donors (Lipinski definition) is 2. The van der Waals surface area contributed by atoms with E-state index in [2.05, 4.69) is 10.6 Å². The predicted molar refractivity (Wildman–Crippen MR) is 129 cm³/mol. The lowest BCUT2D eigenvalue weighted by Gasteiger charge is -2.20. The summed E-state index contributed by atoms with van der Waals surface area (Å²) < 4.78 is 0. The Balaban J connectivity index is 1.63. The first-order chi connectivity index (χ1) is 15.0. The second-order valence-corrected chi connectivity index (χ2v) is 7.29. The summed E-state index contributed by atoms with van der Waals surface area (Å²) in [7, 11) is 1.75. The topological polar surface area (TPSA) is 61.4 Å². The molecule has 0 spiro atoms. The summed E-state index contributed by atoms with van der Waals surface area (Å²) in [6, 6.07) is 26.3. The number of carbonyl (C=O) groups excluding carboxylic acids is 2. The Morgan fingerprint density at radius 1 is 0.903 bits per heavy atom. The van der Waals surface area contributed by atoms with Crippen LogP contribution in [0.25, 0.3) is 6.08 Å². The molecule has 0 aliphatic carbocycles. The average Bonchev–Trinajstić information content (AvgIpc) is 2.79. The molecule has 0 fully saturated rings. The minimum Gasteiger partial charge on any atom is -0.337 e. The van der Waals surface area contributed by atoms with Gasteiger partial charge in [-0.05, 0) is 41.6 Å². The number of benzene rings is 3. The van der Waals surface area contributed by atoms with Gasteiger partial charge in [-0.15, -0.1) is 0 Å². The SMILES string of the molecule is CN(Cc1ccccc1)C(=O)c1ccccc1NC(=S)NC(=O)C=Cc1ccccc1. The maximum Gasteiger partial charge on any atom is 0.256 e. The van der Waals surface area contributed by atoms with Crippen LogP contribution in [0, 0.1) is 0 Å². The molecule has 0 atom stereocenters. The highest BCUT2D eigenvalue weighted by molar-refractivity contribution is 7.80. The van der Waals surface area contributed by atoms with E-state index in [9.17, 15) is 9.59 Å². The lowest BCUT2D eigenvalue weighted by atomic mass is 10.1. The molecule has 31 heavy (non-hydrogen) atoms. The van der Waals surface area contributed by atoms with Crippen molar-refractivity contribution in [2.45, 2.75) is 6.54 Å². The summed E-state index contributed by atoms with van der Waals surface area (Å²) in [5, 5.41) is 5.68. The zero-order valence-corrected chi connectivity index (χ0v) is 17.9. The van der Waals surface area contributed by atoms with Gasteiger partial charge in [-0.2, -0.15) is 0 Å². The van der Waals surface area contributed by atoms with Crippen molar-refractivity contribution in [3.8, 4) is 0 Å². The van der Waals surface area contributed by atoms with Crippen LogP contribution < -0.4 is 10.6 Å². The maximum atomic E-state index is 13.0. The van der Waals surface area contributed by atoms with Crippen LogP contribution in [-0.4, -0.2) is 28.9 Å². The van der Waals surface area contributed by atoms with Crippen molar-refractivity contribution in [2.75, 3.05) is 12.4 Å². The highest BCUT2D eigenvalue weighted by atomic mass is 32.1. The molecule has 2 amide bonds. The normalized spacial score (nSPS) is 10.5. The van der Waals surface area contributed by atoms with Crippen molar-refractivity contribution in [1.82, 2.24) is 10.2 Å². The predicted octanol–water partition coefficient (Wildman–Crippen LogP) is 4.49. The van der Waals surface area contributed by atoms with Gasteiger partial charge in [0.25, 0.3) is 5.91 Å². The van der Waals surface area contributed by atoms with Gasteiger partial charge in [0.05, 0.1) is 11.3 Å². The van der Waals surface area contributed by atoms with E-state index in [1.54, 1.807) is 42.3 Å². The van der Waals surface area contributed by atoms with Crippen LogP contribution in [0.15, 0.2) is 91.0 Å². The summed E-state index contributed by atoms with van der Waals surface area (Å²) in [6.45, 7) is 0.486. The van der Waals surface area contributed by atoms with E-state index in [-0.39, 0.29) is 16.9 Å². The van der Waals surface area contributed by atoms with E-state index in [4.69, 9.17) is 12.2 Å². The van der Waals surface area contributed by atoms with Crippen LogP contribution in [0.4, 0.5) is 5.69 Å². The second kappa shape index (κ2) is 10.8. The van der Waals surface area contributed by atoms with E-state index >= 15 is 0 Å². The van der Waals surface area contributed by atoms with Gasteiger partial charge in [0.15, 0.2) is 5.11 Å². The second-order valence-electron chi connectivity index (χ2n) is 6.88. The van der Waals surface area contributed by atoms with E-state index in [0.717, 1.165) is 11.1 Å². The molecule has 0 aliphatic rings. The number of para-hydroxylation sites is 1. The fraction of sp³-hybridized carbons (Fsp3) is 0.0800. The van der Waals surface area contributed by atoms with Crippen molar-refractivity contribution < 1.29 is 9.59 Å². The number of anilines is 1. The summed E-state index contributed by atoms with van der Waals surface area (Å²) >= 11 is 5.26. The van der Waals surface area contributed by atoms with Gasteiger partial charge in [-0.1, -0.05) is 72.8 Å². The van der Waals surface area contributed by atoms with Crippen LogP contribution in [0.1, 0.15) is 21.5 Å². The number of nitrogens with zero attached hydrogens (tertiary/aromatic N) is 1. The van der Waals surface area contributed by atoms with Crippen molar-refractivity contribution in [3.05, 3.63) is 108 Å². The quantitative estimate of drug-likeness (QED) is 0.448. The Bertz CT molecular complexity index is 1080. The molecule has 0 bridgehead atoms. The summed E-state index contributed by atoms with van der Waals surface area (Å²) in [5.41, 5.74) is 2.95. The van der Waals surface area contributed by atoms with Crippen molar-refractivity contribution >= 4 is 40.9 Å². The minimum atomic E-state index is -0.355. The lowest BCUT2D eigenvalue weighted by Crippen LogP contribution is -2.34. The van der Waals surface area contributed by atoms with Gasteiger partial charge in [0, 0.05) is 19.7 Å². The first kappa shape index (κ1) is 21.9. The third-order valence-electron chi connectivity index (χ3n) is 4.48. The molecule has 3 aromatic rings. The van der Waals surface area contributed by atoms with Gasteiger partial charge >= 0.3 is 0 Å². The molecule has 6 heteroatoms. The molecule has 0 aliphatic heterocycles. The zero-order valence-electron chi connectivity index (χ0n) is 17.1. The molecule has 0 heterocycles. The van der Waals surface area contributed by atoms with Gasteiger partial charge < -0.3 is 10.2 Å². The molecule has 0 radical (unpaired) electrons. The standard InChI is InChI=1S/C25H23N3O2S/c1-28(18-20-12-6-3-7-13-20)24(30)21-14-8-9-15-22(21)26-25(31)27-23(29)17-16-19-10-4-2-5-11-19/h2-17H,18H2,1H3,(H2,26,27,29,31). The molecule has 3 rings (SSSR count). The summed E-state index contributed by atoms with van der Waals surface area (Å²) in [6.07, 6.45) is 3.11. The third kappa shape index (κ3) is 6.62. The highest BCUT2D eigenvalue weighted by Crippen LogP contribution is 2.18. The Kier molecular flexibility index (Phi) is 7.67. The molecule has 0 saturated carbocycles. The number of thiocarbonyl (C=S) groups is 1. The molecule has 156 valence electrons. The minimum absolute atomic E-state index is 0.119. The first-order valence-electron chi connectivity index (χ1n) is 9.76. The molecule has 3 aromatic carbocycles. The zero-order chi connectivity index (χ0) is 22.1. The number of nitrogens with one attached hydrogen (secondary N) is 2. The number of amides is 2. The fourth-order valence-corrected chi connectivity index (χ4v) is 3.17. The molecule has 0 saturated heterocycles.